The number of benzene rings is 1. The molecule has 0 aliphatic carbocycles. The van der Waals surface area contributed by atoms with Crippen molar-refractivity contribution in [3.63, 3.8) is 0 Å². The SMILES string of the molecule is Cc1cc(C(=O)N2CCCC[C@@H]2C(=O)N(C)C)ccc1Cl. The molecule has 1 atom stereocenters. The fourth-order valence-corrected chi connectivity index (χ4v) is 2.79. The number of likely N-dealkylation sites (N-methyl/N-ethyl adjacent to an activating group) is 1. The standard InChI is InChI=1S/C16H21ClN2O2/c1-11-10-12(7-8-13(11)17)15(20)19-9-5-4-6-14(19)16(21)18(2)3/h7-8,10,14H,4-6,9H2,1-3H3/t14-/m1/s1. The first-order valence-electron chi connectivity index (χ1n) is 7.20. The minimum absolute atomic E-state index is 0.00580. The summed E-state index contributed by atoms with van der Waals surface area (Å²) in [5.74, 6) is -0.0941. The molecule has 0 aromatic heterocycles. The minimum atomic E-state index is -0.350. The Hall–Kier alpha value is -1.55. The predicted molar refractivity (Wildman–Crippen MR) is 83.6 cm³/mol. The maximum atomic E-state index is 12.7. The normalized spacial score (nSPS) is 18.5. The summed E-state index contributed by atoms with van der Waals surface area (Å²) in [5, 5.41) is 0.645. The molecule has 1 saturated heterocycles. The lowest BCUT2D eigenvalue weighted by molar-refractivity contribution is -0.134. The van der Waals surface area contributed by atoms with Crippen LogP contribution in [-0.4, -0.2) is 48.3 Å². The molecule has 1 fully saturated rings. The lowest BCUT2D eigenvalue weighted by Crippen LogP contribution is -2.51. The van der Waals surface area contributed by atoms with E-state index in [0.717, 1.165) is 24.8 Å². The monoisotopic (exact) mass is 308 g/mol. The molecule has 2 amide bonds. The van der Waals surface area contributed by atoms with Gasteiger partial charge in [-0.2, -0.15) is 0 Å². The number of piperidine rings is 1. The number of aryl methyl sites for hydroxylation is 1. The van der Waals surface area contributed by atoms with Crippen molar-refractivity contribution in [3.05, 3.63) is 34.3 Å². The number of carbonyl (C=O) groups excluding carboxylic acids is 2. The molecule has 2 rings (SSSR count). The molecule has 4 nitrogen and oxygen atoms in total. The Balaban J connectivity index is 2.26. The summed E-state index contributed by atoms with van der Waals surface area (Å²) in [4.78, 5) is 28.3. The van der Waals surface area contributed by atoms with Gasteiger partial charge >= 0.3 is 0 Å². The molecule has 1 aliphatic rings. The van der Waals surface area contributed by atoms with E-state index in [1.54, 1.807) is 42.1 Å². The highest BCUT2D eigenvalue weighted by molar-refractivity contribution is 6.31. The number of amides is 2. The quantitative estimate of drug-likeness (QED) is 0.843. The van der Waals surface area contributed by atoms with Crippen molar-refractivity contribution in [1.82, 2.24) is 9.80 Å². The number of nitrogens with zero attached hydrogens (tertiary/aromatic N) is 2. The molecule has 0 saturated carbocycles. The average Bonchev–Trinajstić information content (AvgIpc) is 2.48. The van der Waals surface area contributed by atoms with Crippen molar-refractivity contribution >= 4 is 23.4 Å². The Bertz CT molecular complexity index is 557. The van der Waals surface area contributed by atoms with Gasteiger partial charge in [0.1, 0.15) is 6.04 Å². The van der Waals surface area contributed by atoms with Gasteiger partial charge in [0, 0.05) is 31.2 Å². The van der Waals surface area contributed by atoms with E-state index in [9.17, 15) is 9.59 Å². The first kappa shape index (κ1) is 15.8. The first-order valence-corrected chi connectivity index (χ1v) is 7.58. The van der Waals surface area contributed by atoms with Gasteiger partial charge in [-0.05, 0) is 49.9 Å². The Morgan fingerprint density at radius 3 is 2.62 bits per heavy atom. The zero-order valence-electron chi connectivity index (χ0n) is 12.7. The Kier molecular flexibility index (Phi) is 4.88. The van der Waals surface area contributed by atoms with Crippen LogP contribution in [0.5, 0.6) is 0 Å². The molecule has 1 aliphatic heterocycles. The summed E-state index contributed by atoms with van der Waals surface area (Å²) in [6, 6.07) is 4.90. The van der Waals surface area contributed by atoms with Crippen LogP contribution in [0.4, 0.5) is 0 Å². The van der Waals surface area contributed by atoms with Crippen molar-refractivity contribution in [2.24, 2.45) is 0 Å². The predicted octanol–water partition coefficient (Wildman–Crippen LogP) is 2.73. The summed E-state index contributed by atoms with van der Waals surface area (Å²) in [6.07, 6.45) is 2.65. The Labute approximate surface area is 130 Å². The molecule has 21 heavy (non-hydrogen) atoms. The number of rotatable bonds is 2. The van der Waals surface area contributed by atoms with Crippen LogP contribution < -0.4 is 0 Å². The van der Waals surface area contributed by atoms with E-state index in [-0.39, 0.29) is 17.9 Å². The van der Waals surface area contributed by atoms with Crippen molar-refractivity contribution < 1.29 is 9.59 Å². The minimum Gasteiger partial charge on any atom is -0.347 e. The van der Waals surface area contributed by atoms with Gasteiger partial charge < -0.3 is 9.80 Å². The van der Waals surface area contributed by atoms with Crippen LogP contribution in [0.25, 0.3) is 0 Å². The summed E-state index contributed by atoms with van der Waals surface area (Å²) in [5.41, 5.74) is 1.46. The summed E-state index contributed by atoms with van der Waals surface area (Å²) in [6.45, 7) is 2.50. The Morgan fingerprint density at radius 2 is 2.00 bits per heavy atom. The Morgan fingerprint density at radius 1 is 1.29 bits per heavy atom. The summed E-state index contributed by atoms with van der Waals surface area (Å²) >= 11 is 6.01. The van der Waals surface area contributed by atoms with E-state index < -0.39 is 0 Å². The van der Waals surface area contributed by atoms with Gasteiger partial charge in [0.2, 0.25) is 5.91 Å². The van der Waals surface area contributed by atoms with Crippen molar-refractivity contribution in [2.45, 2.75) is 32.2 Å². The highest BCUT2D eigenvalue weighted by atomic mass is 35.5. The highest BCUT2D eigenvalue weighted by Crippen LogP contribution is 2.23. The molecule has 0 unspecified atom stereocenters. The summed E-state index contributed by atoms with van der Waals surface area (Å²) < 4.78 is 0. The maximum Gasteiger partial charge on any atom is 0.254 e. The maximum absolute atomic E-state index is 12.7. The molecular weight excluding hydrogens is 288 g/mol. The number of hydrogen-bond donors (Lipinski definition) is 0. The molecule has 5 heteroatoms. The number of hydrogen-bond acceptors (Lipinski definition) is 2. The molecule has 0 radical (unpaired) electrons. The largest absolute Gasteiger partial charge is 0.347 e. The third-order valence-corrected chi connectivity index (χ3v) is 4.32. The number of likely N-dealkylation sites (tertiary alicyclic amines) is 1. The van der Waals surface area contributed by atoms with Crippen LogP contribution >= 0.6 is 11.6 Å². The average molecular weight is 309 g/mol. The number of carbonyl (C=O) groups is 2. The van der Waals surface area contributed by atoms with Gasteiger partial charge in [-0.1, -0.05) is 11.6 Å². The van der Waals surface area contributed by atoms with Gasteiger partial charge in [-0.15, -0.1) is 0 Å². The summed E-state index contributed by atoms with van der Waals surface area (Å²) in [7, 11) is 3.46. The second-order valence-corrected chi connectivity index (χ2v) is 6.11. The highest BCUT2D eigenvalue weighted by Gasteiger charge is 2.33. The second-order valence-electron chi connectivity index (χ2n) is 5.71. The van der Waals surface area contributed by atoms with Gasteiger partial charge in [0.15, 0.2) is 0 Å². The van der Waals surface area contributed by atoms with Crippen LogP contribution in [0.1, 0.15) is 35.2 Å². The van der Waals surface area contributed by atoms with E-state index in [1.807, 2.05) is 6.92 Å². The van der Waals surface area contributed by atoms with Crippen LogP contribution in [0.2, 0.25) is 5.02 Å². The lowest BCUT2D eigenvalue weighted by Gasteiger charge is -2.36. The third kappa shape index (κ3) is 3.38. The van der Waals surface area contributed by atoms with E-state index >= 15 is 0 Å². The van der Waals surface area contributed by atoms with E-state index in [4.69, 9.17) is 11.6 Å². The molecule has 114 valence electrons. The van der Waals surface area contributed by atoms with Gasteiger partial charge in [0.05, 0.1) is 0 Å². The van der Waals surface area contributed by atoms with E-state index in [2.05, 4.69) is 0 Å². The molecule has 0 N–H and O–H groups in total. The van der Waals surface area contributed by atoms with Crippen LogP contribution in [0.15, 0.2) is 18.2 Å². The first-order chi connectivity index (χ1) is 9.91. The van der Waals surface area contributed by atoms with Crippen LogP contribution in [0.3, 0.4) is 0 Å². The van der Waals surface area contributed by atoms with Gasteiger partial charge in [-0.25, -0.2) is 0 Å². The second kappa shape index (κ2) is 6.48. The van der Waals surface area contributed by atoms with Crippen LogP contribution in [0, 0.1) is 6.92 Å². The fourth-order valence-electron chi connectivity index (χ4n) is 2.67. The van der Waals surface area contributed by atoms with Crippen molar-refractivity contribution in [1.29, 1.82) is 0 Å². The molecule has 1 aromatic carbocycles. The fraction of sp³-hybridized carbons (Fsp3) is 0.500. The zero-order valence-corrected chi connectivity index (χ0v) is 13.5. The molecule has 1 heterocycles. The molecule has 0 spiro atoms. The van der Waals surface area contributed by atoms with Crippen molar-refractivity contribution in [3.8, 4) is 0 Å². The molecule has 0 bridgehead atoms. The number of halogens is 1. The molecule has 1 aromatic rings. The van der Waals surface area contributed by atoms with Gasteiger partial charge in [-0.3, -0.25) is 9.59 Å². The topological polar surface area (TPSA) is 40.6 Å². The van der Waals surface area contributed by atoms with Gasteiger partial charge in [0.25, 0.3) is 5.91 Å². The zero-order chi connectivity index (χ0) is 15.6. The smallest absolute Gasteiger partial charge is 0.254 e. The third-order valence-electron chi connectivity index (χ3n) is 3.89. The lowest BCUT2D eigenvalue weighted by atomic mass is 9.99. The van der Waals surface area contributed by atoms with E-state index in [1.165, 1.54) is 0 Å². The molecular formula is C16H21ClN2O2. The van der Waals surface area contributed by atoms with Crippen molar-refractivity contribution in [2.75, 3.05) is 20.6 Å². The van der Waals surface area contributed by atoms with Crippen LogP contribution in [-0.2, 0) is 4.79 Å². The van der Waals surface area contributed by atoms with E-state index in [0.29, 0.717) is 17.1 Å².